The van der Waals surface area contributed by atoms with Crippen molar-refractivity contribution in [3.63, 3.8) is 0 Å². The number of rotatable bonds is 3. The lowest BCUT2D eigenvalue weighted by atomic mass is 9.69. The van der Waals surface area contributed by atoms with Gasteiger partial charge in [0, 0.05) is 18.6 Å². The van der Waals surface area contributed by atoms with Crippen LogP contribution in [0, 0.1) is 5.41 Å². The molecule has 10 heavy (non-hydrogen) atoms. The zero-order valence-electron chi connectivity index (χ0n) is 6.93. The van der Waals surface area contributed by atoms with E-state index in [0.29, 0.717) is 6.61 Å². The van der Waals surface area contributed by atoms with Gasteiger partial charge >= 0.3 is 0 Å². The van der Waals surface area contributed by atoms with Gasteiger partial charge in [-0.1, -0.05) is 6.42 Å². The maximum absolute atomic E-state index is 9.06. The topological polar surface area (TPSA) is 23.5 Å². The van der Waals surface area contributed by atoms with Crippen LogP contribution in [0.25, 0.3) is 0 Å². The summed E-state index contributed by atoms with van der Waals surface area (Å²) >= 11 is 0. The van der Waals surface area contributed by atoms with E-state index in [1.54, 1.807) is 0 Å². The predicted octanol–water partition coefficient (Wildman–Crippen LogP) is 0.711. The molecule has 1 aliphatic rings. The van der Waals surface area contributed by atoms with Crippen molar-refractivity contribution in [2.75, 3.05) is 27.2 Å². The Hall–Kier alpha value is -0.0800. The standard InChI is InChI=1S/C8H17NO/c1-9(2)6-8(7-10)4-3-5-8/h10H,3-7H2,1-2H3. The number of aliphatic hydroxyl groups excluding tert-OH is 1. The van der Waals surface area contributed by atoms with Gasteiger partial charge < -0.3 is 10.0 Å². The molecule has 0 bridgehead atoms. The van der Waals surface area contributed by atoms with Crippen LogP contribution in [-0.2, 0) is 0 Å². The summed E-state index contributed by atoms with van der Waals surface area (Å²) in [6, 6.07) is 0. The van der Waals surface area contributed by atoms with Gasteiger partial charge in [-0.3, -0.25) is 0 Å². The molecule has 1 fully saturated rings. The third kappa shape index (κ3) is 1.50. The van der Waals surface area contributed by atoms with Crippen LogP contribution in [0.5, 0.6) is 0 Å². The number of hydrogen-bond acceptors (Lipinski definition) is 2. The van der Waals surface area contributed by atoms with Crippen LogP contribution in [0.3, 0.4) is 0 Å². The molecule has 0 aromatic rings. The van der Waals surface area contributed by atoms with Gasteiger partial charge in [0.2, 0.25) is 0 Å². The number of nitrogens with zero attached hydrogens (tertiary/aromatic N) is 1. The molecule has 0 atom stereocenters. The average molecular weight is 143 g/mol. The summed E-state index contributed by atoms with van der Waals surface area (Å²) in [5.41, 5.74) is 0.267. The van der Waals surface area contributed by atoms with E-state index in [0.717, 1.165) is 6.54 Å². The van der Waals surface area contributed by atoms with Gasteiger partial charge in [0.1, 0.15) is 0 Å². The van der Waals surface area contributed by atoms with Crippen LogP contribution in [0.4, 0.5) is 0 Å². The highest BCUT2D eigenvalue weighted by atomic mass is 16.3. The molecule has 2 nitrogen and oxygen atoms in total. The molecule has 0 saturated heterocycles. The van der Waals surface area contributed by atoms with Crippen molar-refractivity contribution in [1.82, 2.24) is 4.90 Å². The molecule has 0 aromatic heterocycles. The van der Waals surface area contributed by atoms with Crippen LogP contribution < -0.4 is 0 Å². The molecule has 60 valence electrons. The van der Waals surface area contributed by atoms with E-state index in [2.05, 4.69) is 19.0 Å². The van der Waals surface area contributed by atoms with Gasteiger partial charge in [-0.2, -0.15) is 0 Å². The van der Waals surface area contributed by atoms with E-state index in [9.17, 15) is 0 Å². The lowest BCUT2D eigenvalue weighted by molar-refractivity contribution is 0.0205. The van der Waals surface area contributed by atoms with E-state index in [4.69, 9.17) is 5.11 Å². The minimum absolute atomic E-state index is 0.267. The Morgan fingerprint density at radius 3 is 2.10 bits per heavy atom. The summed E-state index contributed by atoms with van der Waals surface area (Å²) in [6.07, 6.45) is 3.72. The van der Waals surface area contributed by atoms with Gasteiger partial charge in [-0.15, -0.1) is 0 Å². The summed E-state index contributed by atoms with van der Waals surface area (Å²) in [6.45, 7) is 1.41. The molecule has 0 unspecified atom stereocenters. The molecule has 0 spiro atoms. The van der Waals surface area contributed by atoms with Gasteiger partial charge in [0.05, 0.1) is 0 Å². The lowest BCUT2D eigenvalue weighted by Gasteiger charge is -2.42. The Morgan fingerprint density at radius 1 is 1.40 bits per heavy atom. The largest absolute Gasteiger partial charge is 0.396 e. The second kappa shape index (κ2) is 2.89. The molecular weight excluding hydrogens is 126 g/mol. The molecule has 0 radical (unpaired) electrons. The molecule has 0 aliphatic heterocycles. The maximum atomic E-state index is 9.06. The van der Waals surface area contributed by atoms with Crippen LogP contribution in [-0.4, -0.2) is 37.3 Å². The minimum Gasteiger partial charge on any atom is -0.396 e. The Kier molecular flexibility index (Phi) is 2.32. The molecule has 1 rings (SSSR count). The Morgan fingerprint density at radius 2 is 2.00 bits per heavy atom. The van der Waals surface area contributed by atoms with Gasteiger partial charge in [-0.05, 0) is 26.9 Å². The van der Waals surface area contributed by atoms with Crippen LogP contribution in [0.2, 0.25) is 0 Å². The monoisotopic (exact) mass is 143 g/mol. The first-order valence-electron chi connectivity index (χ1n) is 3.94. The molecule has 0 amide bonds. The van der Waals surface area contributed by atoms with Crippen LogP contribution in [0.15, 0.2) is 0 Å². The third-order valence-corrected chi connectivity index (χ3v) is 2.40. The van der Waals surface area contributed by atoms with E-state index in [-0.39, 0.29) is 5.41 Å². The molecule has 0 aromatic carbocycles. The van der Waals surface area contributed by atoms with E-state index in [1.165, 1.54) is 19.3 Å². The molecule has 1 N–H and O–H groups in total. The SMILES string of the molecule is CN(C)CC1(CO)CCC1. The summed E-state index contributed by atoms with van der Waals surface area (Å²) < 4.78 is 0. The van der Waals surface area contributed by atoms with Crippen molar-refractivity contribution in [2.45, 2.75) is 19.3 Å². The van der Waals surface area contributed by atoms with E-state index in [1.807, 2.05) is 0 Å². The van der Waals surface area contributed by atoms with Crippen molar-refractivity contribution in [1.29, 1.82) is 0 Å². The zero-order chi connectivity index (χ0) is 7.61. The highest BCUT2D eigenvalue weighted by molar-refractivity contribution is 4.88. The summed E-state index contributed by atoms with van der Waals surface area (Å²) in [5, 5.41) is 9.06. The van der Waals surface area contributed by atoms with Crippen molar-refractivity contribution in [3.05, 3.63) is 0 Å². The fourth-order valence-electron chi connectivity index (χ4n) is 1.71. The number of hydrogen-bond donors (Lipinski definition) is 1. The Bertz CT molecular complexity index is 102. The van der Waals surface area contributed by atoms with Gasteiger partial charge in [-0.25, -0.2) is 0 Å². The first-order valence-corrected chi connectivity index (χ1v) is 3.94. The molecule has 0 heterocycles. The Balaban J connectivity index is 2.33. The van der Waals surface area contributed by atoms with Crippen molar-refractivity contribution in [2.24, 2.45) is 5.41 Å². The van der Waals surface area contributed by atoms with Crippen molar-refractivity contribution in [3.8, 4) is 0 Å². The quantitative estimate of drug-likeness (QED) is 0.629. The molecule has 2 heteroatoms. The lowest BCUT2D eigenvalue weighted by Crippen LogP contribution is -2.42. The second-order valence-corrected chi connectivity index (χ2v) is 3.75. The van der Waals surface area contributed by atoms with E-state index < -0.39 is 0 Å². The highest BCUT2D eigenvalue weighted by Crippen LogP contribution is 2.40. The van der Waals surface area contributed by atoms with Crippen molar-refractivity contribution < 1.29 is 5.11 Å². The normalized spacial score (nSPS) is 22.8. The van der Waals surface area contributed by atoms with Crippen LogP contribution in [0.1, 0.15) is 19.3 Å². The zero-order valence-corrected chi connectivity index (χ0v) is 6.93. The number of aliphatic hydroxyl groups is 1. The average Bonchev–Trinajstić information content (AvgIpc) is 1.78. The second-order valence-electron chi connectivity index (χ2n) is 3.75. The molecular formula is C8H17NO. The van der Waals surface area contributed by atoms with Gasteiger partial charge in [0.15, 0.2) is 0 Å². The minimum atomic E-state index is 0.267. The maximum Gasteiger partial charge on any atom is 0.0499 e. The highest BCUT2D eigenvalue weighted by Gasteiger charge is 2.36. The van der Waals surface area contributed by atoms with Crippen molar-refractivity contribution >= 4 is 0 Å². The fourth-order valence-corrected chi connectivity index (χ4v) is 1.71. The fraction of sp³-hybridized carbons (Fsp3) is 1.00. The summed E-state index contributed by atoms with van der Waals surface area (Å²) in [7, 11) is 4.13. The first-order chi connectivity index (χ1) is 4.68. The predicted molar refractivity (Wildman–Crippen MR) is 41.9 cm³/mol. The smallest absolute Gasteiger partial charge is 0.0499 e. The summed E-state index contributed by atoms with van der Waals surface area (Å²) in [5.74, 6) is 0. The molecule has 1 saturated carbocycles. The first kappa shape index (κ1) is 8.02. The van der Waals surface area contributed by atoms with Crippen LogP contribution >= 0.6 is 0 Å². The molecule has 1 aliphatic carbocycles. The third-order valence-electron chi connectivity index (χ3n) is 2.40. The summed E-state index contributed by atoms with van der Waals surface area (Å²) in [4.78, 5) is 2.16. The Labute approximate surface area is 62.8 Å². The van der Waals surface area contributed by atoms with E-state index >= 15 is 0 Å². The van der Waals surface area contributed by atoms with Gasteiger partial charge in [0.25, 0.3) is 0 Å².